The summed E-state index contributed by atoms with van der Waals surface area (Å²) in [7, 11) is -2.21. The Balaban J connectivity index is 1.87. The SMILES string of the molecule is C=CCc1ccc(N=Nc2c(SOOOC)cc3cc(S(=O)(=O)OC)c(N=Nc4ccc(NC(C)=O)cc4)c(O)c3c2N)cc1. The van der Waals surface area contributed by atoms with E-state index in [0.717, 1.165) is 12.7 Å². The molecule has 234 valence electrons. The molecule has 16 heteroatoms. The van der Waals surface area contributed by atoms with E-state index in [1.807, 2.05) is 12.1 Å². The number of hydrogen-bond donors (Lipinski definition) is 3. The molecule has 0 saturated heterocycles. The monoisotopic (exact) mass is 652 g/mol. The molecular formula is C29H28N6O8S2. The Morgan fingerprint density at radius 1 is 1.00 bits per heavy atom. The summed E-state index contributed by atoms with van der Waals surface area (Å²) in [5, 5.41) is 35.5. The van der Waals surface area contributed by atoms with Gasteiger partial charge in [-0.05, 0) is 65.9 Å². The van der Waals surface area contributed by atoms with Gasteiger partial charge in [0.1, 0.15) is 16.3 Å². The second kappa shape index (κ2) is 14.8. The number of aromatic hydroxyl groups is 1. The maximum absolute atomic E-state index is 12.9. The lowest BCUT2D eigenvalue weighted by molar-refractivity contribution is -0.447. The first kappa shape index (κ1) is 33.2. The maximum Gasteiger partial charge on any atom is 0.299 e. The van der Waals surface area contributed by atoms with Crippen molar-refractivity contribution in [3.05, 3.63) is 78.9 Å². The van der Waals surface area contributed by atoms with Gasteiger partial charge in [0.2, 0.25) is 5.91 Å². The van der Waals surface area contributed by atoms with Crippen molar-refractivity contribution in [2.24, 2.45) is 20.5 Å². The third-order valence-corrected chi connectivity index (χ3v) is 7.96. The molecule has 0 aliphatic rings. The number of fused-ring (bicyclic) bond motifs is 1. The number of nitrogens with zero attached hydrogens (tertiary/aromatic N) is 4. The Morgan fingerprint density at radius 2 is 1.62 bits per heavy atom. The van der Waals surface area contributed by atoms with Crippen molar-refractivity contribution in [1.82, 2.24) is 0 Å². The number of nitrogen functional groups attached to an aromatic ring is 1. The number of benzene rings is 4. The number of phenolic OH excluding ortho intramolecular Hbond substituents is 1. The first-order valence-electron chi connectivity index (χ1n) is 13.0. The molecule has 0 spiro atoms. The molecule has 0 atom stereocenters. The number of phenols is 1. The van der Waals surface area contributed by atoms with E-state index in [1.165, 1.54) is 26.2 Å². The average molecular weight is 653 g/mol. The van der Waals surface area contributed by atoms with Gasteiger partial charge in [-0.15, -0.1) is 21.1 Å². The Kier molecular flexibility index (Phi) is 10.9. The lowest BCUT2D eigenvalue weighted by atomic mass is 10.1. The predicted octanol–water partition coefficient (Wildman–Crippen LogP) is 7.50. The molecule has 4 rings (SSSR count). The lowest BCUT2D eigenvalue weighted by Crippen LogP contribution is -2.05. The minimum Gasteiger partial charge on any atom is -0.505 e. The molecular weight excluding hydrogens is 624 g/mol. The van der Waals surface area contributed by atoms with Gasteiger partial charge in [0.25, 0.3) is 10.1 Å². The van der Waals surface area contributed by atoms with Crippen molar-refractivity contribution in [2.45, 2.75) is 23.1 Å². The van der Waals surface area contributed by atoms with Crippen molar-refractivity contribution >= 4 is 73.0 Å². The van der Waals surface area contributed by atoms with Crippen LogP contribution in [0.1, 0.15) is 12.5 Å². The van der Waals surface area contributed by atoms with Crippen LogP contribution in [-0.4, -0.2) is 33.7 Å². The lowest BCUT2D eigenvalue weighted by Gasteiger charge is -2.15. The highest BCUT2D eigenvalue weighted by atomic mass is 32.2. The van der Waals surface area contributed by atoms with Gasteiger partial charge in [0, 0.05) is 12.6 Å². The van der Waals surface area contributed by atoms with E-state index in [1.54, 1.807) is 42.5 Å². The molecule has 0 bridgehead atoms. The summed E-state index contributed by atoms with van der Waals surface area (Å²) in [6.07, 6.45) is 2.47. The van der Waals surface area contributed by atoms with Gasteiger partial charge in [-0.25, -0.2) is 4.89 Å². The van der Waals surface area contributed by atoms with Crippen molar-refractivity contribution in [2.75, 3.05) is 25.3 Å². The molecule has 4 aromatic rings. The highest BCUT2D eigenvalue weighted by Crippen LogP contribution is 2.49. The quantitative estimate of drug-likeness (QED) is 0.0190. The molecule has 14 nitrogen and oxygen atoms in total. The molecule has 0 unspecified atom stereocenters. The second-order valence-electron chi connectivity index (χ2n) is 9.10. The van der Waals surface area contributed by atoms with Crippen LogP contribution in [0.15, 0.2) is 104 Å². The van der Waals surface area contributed by atoms with Crippen LogP contribution in [-0.2, 0) is 39.8 Å². The highest BCUT2D eigenvalue weighted by Gasteiger charge is 2.27. The zero-order valence-corrected chi connectivity index (χ0v) is 25.9. The summed E-state index contributed by atoms with van der Waals surface area (Å²) in [4.78, 5) is 15.5. The summed E-state index contributed by atoms with van der Waals surface area (Å²) in [6.45, 7) is 5.10. The van der Waals surface area contributed by atoms with Gasteiger partial charge >= 0.3 is 0 Å². The van der Waals surface area contributed by atoms with Crippen LogP contribution in [0.5, 0.6) is 5.75 Å². The molecule has 0 heterocycles. The maximum atomic E-state index is 12.9. The number of carbonyl (C=O) groups excluding carboxylic acids is 1. The van der Waals surface area contributed by atoms with Crippen LogP contribution in [0.4, 0.5) is 34.1 Å². The average Bonchev–Trinajstić information content (AvgIpc) is 3.01. The summed E-state index contributed by atoms with van der Waals surface area (Å²) in [5.74, 6) is -0.854. The van der Waals surface area contributed by atoms with Gasteiger partial charge in [-0.2, -0.15) is 18.6 Å². The fourth-order valence-corrected chi connectivity index (χ4v) is 5.42. The van der Waals surface area contributed by atoms with Crippen LogP contribution in [0, 0.1) is 0 Å². The number of hydrogen-bond acceptors (Lipinski definition) is 14. The van der Waals surface area contributed by atoms with Crippen LogP contribution >= 0.6 is 12.0 Å². The number of rotatable bonds is 13. The van der Waals surface area contributed by atoms with E-state index >= 15 is 0 Å². The minimum absolute atomic E-state index is 0.0206. The first-order chi connectivity index (χ1) is 21.6. The molecule has 0 aromatic heterocycles. The number of anilines is 2. The molecule has 1 amide bonds. The Hall–Kier alpha value is -4.71. The predicted molar refractivity (Wildman–Crippen MR) is 169 cm³/mol. The van der Waals surface area contributed by atoms with Gasteiger partial charge in [-0.3, -0.25) is 8.98 Å². The topological polar surface area (TPSA) is 196 Å². The van der Waals surface area contributed by atoms with Gasteiger partial charge in [0.15, 0.2) is 5.75 Å². The van der Waals surface area contributed by atoms with Crippen LogP contribution in [0.2, 0.25) is 0 Å². The Labute approximate surface area is 262 Å². The van der Waals surface area contributed by atoms with E-state index < -0.39 is 26.5 Å². The van der Waals surface area contributed by atoms with Crippen molar-refractivity contribution in [3.8, 4) is 5.75 Å². The Morgan fingerprint density at radius 3 is 2.20 bits per heavy atom. The van der Waals surface area contributed by atoms with Crippen molar-refractivity contribution in [3.63, 3.8) is 0 Å². The minimum atomic E-state index is -4.41. The normalized spacial score (nSPS) is 11.9. The van der Waals surface area contributed by atoms with Gasteiger partial charge in [0.05, 0.1) is 53.6 Å². The summed E-state index contributed by atoms with van der Waals surface area (Å²) in [5.41, 5.74) is 8.47. The number of nitrogens with two attached hydrogens (primary N) is 1. The van der Waals surface area contributed by atoms with Crippen LogP contribution in [0.3, 0.4) is 0 Å². The fraction of sp³-hybridized carbons (Fsp3) is 0.138. The zero-order valence-electron chi connectivity index (χ0n) is 24.3. The first-order valence-corrected chi connectivity index (χ1v) is 15.1. The molecule has 4 N–H and O–H groups in total. The summed E-state index contributed by atoms with van der Waals surface area (Å²) in [6, 6.07) is 16.2. The largest absolute Gasteiger partial charge is 0.505 e. The van der Waals surface area contributed by atoms with E-state index in [0.29, 0.717) is 35.5 Å². The second-order valence-corrected chi connectivity index (χ2v) is 11.5. The van der Waals surface area contributed by atoms with E-state index in [2.05, 4.69) is 42.3 Å². The highest BCUT2D eigenvalue weighted by molar-refractivity contribution is 7.94. The number of carbonyl (C=O) groups is 1. The van der Waals surface area contributed by atoms with Crippen LogP contribution < -0.4 is 11.1 Å². The van der Waals surface area contributed by atoms with Crippen LogP contribution in [0.25, 0.3) is 10.8 Å². The van der Waals surface area contributed by atoms with Crippen molar-refractivity contribution in [1.29, 1.82) is 0 Å². The third-order valence-electron chi connectivity index (χ3n) is 6.06. The fourth-order valence-electron chi connectivity index (χ4n) is 4.03. The molecule has 0 fully saturated rings. The van der Waals surface area contributed by atoms with Gasteiger partial charge < -0.3 is 16.2 Å². The number of azo groups is 2. The van der Waals surface area contributed by atoms with E-state index in [4.69, 9.17) is 14.3 Å². The third kappa shape index (κ3) is 8.07. The number of nitrogens with one attached hydrogen (secondary N) is 1. The summed E-state index contributed by atoms with van der Waals surface area (Å²) >= 11 is 0.664. The number of amides is 1. The summed E-state index contributed by atoms with van der Waals surface area (Å²) < 4.78 is 35.6. The molecule has 0 saturated carbocycles. The molecule has 45 heavy (non-hydrogen) atoms. The standard InChI is InChI=1S/C29H28N6O8S2/c1-5-6-18-7-9-21(10-8-18)32-34-27-23(44-43-42-40-3)15-19-16-24(45(38,39)41-4)28(29(37)25(19)26(27)30)35-33-22-13-11-20(12-14-22)31-17(2)36/h5,7-16,37H,1,6,30H2,2-4H3,(H,31,36). The molecule has 0 aliphatic carbocycles. The van der Waals surface area contributed by atoms with Crippen molar-refractivity contribution < 1.29 is 36.8 Å². The smallest absolute Gasteiger partial charge is 0.299 e. The van der Waals surface area contributed by atoms with E-state index in [9.17, 15) is 18.3 Å². The number of allylic oxidation sites excluding steroid dienone is 1. The van der Waals surface area contributed by atoms with Gasteiger partial charge in [-0.1, -0.05) is 23.2 Å². The Bertz CT molecular complexity index is 1880. The molecule has 0 radical (unpaired) electrons. The molecule has 4 aromatic carbocycles. The molecule has 0 aliphatic heterocycles. The van der Waals surface area contributed by atoms with E-state index in [-0.39, 0.29) is 32.9 Å². The zero-order chi connectivity index (χ0) is 32.6.